The minimum absolute atomic E-state index is 0.231. The van der Waals surface area contributed by atoms with Gasteiger partial charge in [-0.1, -0.05) is 48.5 Å². The summed E-state index contributed by atoms with van der Waals surface area (Å²) in [4.78, 5) is 25.6. The van der Waals surface area contributed by atoms with Crippen LogP contribution >= 0.6 is 11.8 Å². The molecule has 1 saturated heterocycles. The van der Waals surface area contributed by atoms with E-state index in [0.29, 0.717) is 4.91 Å². The fraction of sp³-hybridized carbons (Fsp3) is 0.0526. The maximum atomic E-state index is 12.2. The molecule has 0 bridgehead atoms. The summed E-state index contributed by atoms with van der Waals surface area (Å²) in [6, 6.07) is 18.3. The van der Waals surface area contributed by atoms with Crippen LogP contribution in [0.15, 0.2) is 59.5 Å². The van der Waals surface area contributed by atoms with Gasteiger partial charge in [-0.05, 0) is 51.0 Å². The molecular weight excluding hydrogens is 306 g/mol. The van der Waals surface area contributed by atoms with E-state index in [9.17, 15) is 9.59 Å². The van der Waals surface area contributed by atoms with E-state index in [1.54, 1.807) is 0 Å². The smallest absolute Gasteiger partial charge is 0.272 e. The average Bonchev–Trinajstić information content (AvgIpc) is 2.81. The summed E-state index contributed by atoms with van der Waals surface area (Å²) in [7, 11) is 1.51. The molecule has 0 aliphatic carbocycles. The van der Waals surface area contributed by atoms with Crippen LogP contribution in [0, 0.1) is 0 Å². The molecule has 1 heterocycles. The number of carbonyl (C=O) groups excluding carboxylic acids is 2. The van der Waals surface area contributed by atoms with E-state index in [4.69, 9.17) is 0 Å². The summed E-state index contributed by atoms with van der Waals surface area (Å²) in [6.45, 7) is 0. The number of hydrogen-bond donors (Lipinski definition) is 0. The maximum Gasteiger partial charge on any atom is 0.293 e. The van der Waals surface area contributed by atoms with Crippen molar-refractivity contribution in [2.75, 3.05) is 7.05 Å². The van der Waals surface area contributed by atoms with Crippen molar-refractivity contribution in [1.29, 1.82) is 0 Å². The van der Waals surface area contributed by atoms with Gasteiger partial charge < -0.3 is 0 Å². The molecule has 0 radical (unpaired) electrons. The van der Waals surface area contributed by atoms with Crippen LogP contribution in [0.2, 0.25) is 0 Å². The molecule has 4 rings (SSSR count). The van der Waals surface area contributed by atoms with Crippen LogP contribution in [-0.2, 0) is 4.79 Å². The van der Waals surface area contributed by atoms with Crippen molar-refractivity contribution in [2.24, 2.45) is 0 Å². The number of benzene rings is 3. The quantitative estimate of drug-likeness (QED) is 0.483. The molecule has 112 valence electrons. The lowest BCUT2D eigenvalue weighted by Gasteiger charge is -2.09. The summed E-state index contributed by atoms with van der Waals surface area (Å²) in [5.41, 5.74) is 0.984. The Morgan fingerprint density at radius 1 is 0.913 bits per heavy atom. The monoisotopic (exact) mass is 319 g/mol. The second kappa shape index (κ2) is 5.25. The Hall–Kier alpha value is -2.59. The molecule has 3 aromatic carbocycles. The summed E-state index contributed by atoms with van der Waals surface area (Å²) >= 11 is 0.992. The van der Waals surface area contributed by atoms with E-state index in [1.807, 2.05) is 42.5 Å². The number of thioether (sulfide) groups is 1. The zero-order valence-corrected chi connectivity index (χ0v) is 13.3. The third-order valence-electron chi connectivity index (χ3n) is 4.07. The molecule has 1 aliphatic rings. The van der Waals surface area contributed by atoms with Crippen molar-refractivity contribution in [1.82, 2.24) is 4.90 Å². The SMILES string of the molecule is CN1C(=O)S/C(=C\c2c3ccccc3cc3ccccc23)C1=O. The van der Waals surface area contributed by atoms with Gasteiger partial charge in [0.25, 0.3) is 11.1 Å². The van der Waals surface area contributed by atoms with E-state index in [-0.39, 0.29) is 11.1 Å². The Kier molecular flexibility index (Phi) is 3.20. The second-order valence-corrected chi connectivity index (χ2v) is 6.47. The molecule has 0 atom stereocenters. The molecule has 0 spiro atoms. The summed E-state index contributed by atoms with van der Waals surface area (Å²) in [6.07, 6.45) is 1.85. The summed E-state index contributed by atoms with van der Waals surface area (Å²) in [5, 5.41) is 4.16. The van der Waals surface area contributed by atoms with Crippen molar-refractivity contribution in [3.63, 3.8) is 0 Å². The van der Waals surface area contributed by atoms with Gasteiger partial charge in [-0.15, -0.1) is 0 Å². The molecule has 2 amide bonds. The normalized spacial score (nSPS) is 16.9. The van der Waals surface area contributed by atoms with Crippen LogP contribution in [0.4, 0.5) is 4.79 Å². The fourth-order valence-corrected chi connectivity index (χ4v) is 3.69. The van der Waals surface area contributed by atoms with E-state index in [0.717, 1.165) is 43.8 Å². The van der Waals surface area contributed by atoms with Crippen molar-refractivity contribution in [2.45, 2.75) is 0 Å². The van der Waals surface area contributed by atoms with Gasteiger partial charge in [0.1, 0.15) is 0 Å². The molecule has 1 aliphatic heterocycles. The van der Waals surface area contributed by atoms with Crippen LogP contribution in [0.3, 0.4) is 0 Å². The zero-order valence-electron chi connectivity index (χ0n) is 12.4. The highest BCUT2D eigenvalue weighted by molar-refractivity contribution is 8.18. The molecule has 23 heavy (non-hydrogen) atoms. The van der Waals surface area contributed by atoms with Crippen LogP contribution in [-0.4, -0.2) is 23.1 Å². The molecule has 0 unspecified atom stereocenters. The molecule has 3 nitrogen and oxygen atoms in total. The van der Waals surface area contributed by atoms with Gasteiger partial charge in [-0.3, -0.25) is 14.5 Å². The van der Waals surface area contributed by atoms with Gasteiger partial charge in [0.05, 0.1) is 4.91 Å². The van der Waals surface area contributed by atoms with Crippen LogP contribution in [0.25, 0.3) is 27.6 Å². The topological polar surface area (TPSA) is 37.4 Å². The Morgan fingerprint density at radius 2 is 1.48 bits per heavy atom. The van der Waals surface area contributed by atoms with Gasteiger partial charge in [-0.25, -0.2) is 0 Å². The highest BCUT2D eigenvalue weighted by Crippen LogP contribution is 2.35. The zero-order chi connectivity index (χ0) is 16.0. The molecule has 3 aromatic rings. The van der Waals surface area contributed by atoms with Gasteiger partial charge in [0.2, 0.25) is 0 Å². The van der Waals surface area contributed by atoms with Crippen molar-refractivity contribution in [3.8, 4) is 0 Å². The van der Waals surface area contributed by atoms with Crippen molar-refractivity contribution >= 4 is 50.5 Å². The summed E-state index contributed by atoms with van der Waals surface area (Å²) in [5.74, 6) is -0.239. The first-order valence-electron chi connectivity index (χ1n) is 7.27. The predicted molar refractivity (Wildman–Crippen MR) is 95.2 cm³/mol. The first-order chi connectivity index (χ1) is 11.1. The first-order valence-corrected chi connectivity index (χ1v) is 8.09. The number of fused-ring (bicyclic) bond motifs is 2. The van der Waals surface area contributed by atoms with E-state index < -0.39 is 0 Å². The van der Waals surface area contributed by atoms with E-state index >= 15 is 0 Å². The first kappa shape index (κ1) is 14.0. The molecule has 4 heteroatoms. The van der Waals surface area contributed by atoms with E-state index in [1.165, 1.54) is 7.05 Å². The number of imide groups is 1. The standard InChI is InChI=1S/C19H13NO2S/c1-20-18(21)17(23-19(20)22)11-16-14-8-4-2-6-12(14)10-13-7-3-5-9-15(13)16/h2-11H,1H3/b17-11-. The largest absolute Gasteiger partial charge is 0.293 e. The Labute approximate surface area is 137 Å². The van der Waals surface area contributed by atoms with Crippen LogP contribution < -0.4 is 0 Å². The van der Waals surface area contributed by atoms with Gasteiger partial charge >= 0.3 is 0 Å². The predicted octanol–water partition coefficient (Wildman–Crippen LogP) is 4.66. The number of amides is 2. The van der Waals surface area contributed by atoms with E-state index in [2.05, 4.69) is 18.2 Å². The summed E-state index contributed by atoms with van der Waals surface area (Å²) < 4.78 is 0. The number of carbonyl (C=O) groups is 2. The minimum Gasteiger partial charge on any atom is -0.272 e. The molecule has 0 aromatic heterocycles. The van der Waals surface area contributed by atoms with Gasteiger partial charge in [0, 0.05) is 7.05 Å². The number of rotatable bonds is 1. The fourth-order valence-electron chi connectivity index (χ4n) is 2.88. The van der Waals surface area contributed by atoms with Gasteiger partial charge in [0.15, 0.2) is 0 Å². The molecule has 1 fully saturated rings. The highest BCUT2D eigenvalue weighted by Gasteiger charge is 2.32. The molecular formula is C19H13NO2S. The third-order valence-corrected chi connectivity index (χ3v) is 5.04. The Bertz CT molecular complexity index is 953. The Balaban J connectivity index is 2.04. The molecule has 0 N–H and O–H groups in total. The maximum absolute atomic E-state index is 12.2. The lowest BCUT2D eigenvalue weighted by Crippen LogP contribution is -2.22. The molecule has 0 saturated carbocycles. The lowest BCUT2D eigenvalue weighted by molar-refractivity contribution is -0.121. The van der Waals surface area contributed by atoms with Crippen LogP contribution in [0.5, 0.6) is 0 Å². The lowest BCUT2D eigenvalue weighted by atomic mass is 9.96. The Morgan fingerprint density at radius 3 is 2.00 bits per heavy atom. The minimum atomic E-state index is -0.239. The number of likely N-dealkylation sites (N-methyl/N-ethyl adjacent to an activating group) is 1. The van der Waals surface area contributed by atoms with Crippen molar-refractivity contribution < 1.29 is 9.59 Å². The number of nitrogens with zero attached hydrogens (tertiary/aromatic N) is 1. The van der Waals surface area contributed by atoms with Crippen LogP contribution in [0.1, 0.15) is 5.56 Å². The number of hydrogen-bond acceptors (Lipinski definition) is 3. The average molecular weight is 319 g/mol. The highest BCUT2D eigenvalue weighted by atomic mass is 32.2. The van der Waals surface area contributed by atoms with Gasteiger partial charge in [-0.2, -0.15) is 0 Å². The third kappa shape index (κ3) is 2.23. The van der Waals surface area contributed by atoms with Crippen molar-refractivity contribution in [3.05, 3.63) is 65.1 Å². The second-order valence-electron chi connectivity index (χ2n) is 5.47.